The minimum absolute atomic E-state index is 0. The molecule has 1 saturated carbocycles. The number of hydrogen-bond acceptors (Lipinski definition) is 3. The highest BCUT2D eigenvalue weighted by Gasteiger charge is 2.21. The van der Waals surface area contributed by atoms with E-state index in [9.17, 15) is 4.79 Å². The Kier molecular flexibility index (Phi) is 6.79. The van der Waals surface area contributed by atoms with Gasteiger partial charge in [0.05, 0.1) is 6.61 Å². The predicted octanol–water partition coefficient (Wildman–Crippen LogP) is 3.75. The molecule has 5 heteroatoms. The van der Waals surface area contributed by atoms with Gasteiger partial charge in [0.2, 0.25) is 0 Å². The van der Waals surface area contributed by atoms with Gasteiger partial charge in [-0.05, 0) is 54.2 Å². The second kappa shape index (κ2) is 8.83. The third kappa shape index (κ3) is 5.34. The monoisotopic (exact) mass is 346 g/mol. The van der Waals surface area contributed by atoms with Crippen molar-refractivity contribution in [2.75, 3.05) is 11.9 Å². The van der Waals surface area contributed by atoms with Gasteiger partial charge >= 0.3 is 0 Å². The van der Waals surface area contributed by atoms with Crippen molar-refractivity contribution >= 4 is 24.0 Å². The van der Waals surface area contributed by atoms with E-state index in [1.807, 2.05) is 36.4 Å². The average Bonchev–Trinajstić information content (AvgIpc) is 3.39. The number of nitrogens with one attached hydrogen (secondary N) is 1. The third-order valence-electron chi connectivity index (χ3n) is 3.96. The van der Waals surface area contributed by atoms with Crippen molar-refractivity contribution in [1.29, 1.82) is 0 Å². The van der Waals surface area contributed by atoms with E-state index in [-0.39, 0.29) is 18.3 Å². The topological polar surface area (TPSA) is 64.4 Å². The van der Waals surface area contributed by atoms with Crippen molar-refractivity contribution in [3.63, 3.8) is 0 Å². The van der Waals surface area contributed by atoms with Gasteiger partial charge in [-0.25, -0.2) is 0 Å². The summed E-state index contributed by atoms with van der Waals surface area (Å²) in [5, 5.41) is 2.92. The molecule has 1 fully saturated rings. The summed E-state index contributed by atoms with van der Waals surface area (Å²) < 4.78 is 5.69. The number of carbonyl (C=O) groups excluding carboxylic acids is 1. The van der Waals surface area contributed by atoms with Crippen molar-refractivity contribution in [3.05, 3.63) is 65.2 Å². The Hall–Kier alpha value is -1.88. The lowest BCUT2D eigenvalue weighted by Crippen LogP contribution is -2.12. The molecule has 2 aromatic rings. The number of nitrogens with two attached hydrogens (primary N) is 1. The standard InChI is InChI=1S/C19H22N2O2.ClH/c20-11-14-6-8-17(9-7-14)19(22)21-18-3-1-2-16(10-18)13-23-12-15-4-5-15;/h1-3,6-10,15H,4-5,11-13,20H2,(H,21,22);1H. The lowest BCUT2D eigenvalue weighted by atomic mass is 10.1. The number of anilines is 1. The van der Waals surface area contributed by atoms with E-state index >= 15 is 0 Å². The van der Waals surface area contributed by atoms with Crippen molar-refractivity contribution in [1.82, 2.24) is 0 Å². The molecule has 3 N–H and O–H groups in total. The van der Waals surface area contributed by atoms with Crippen LogP contribution in [0.1, 0.15) is 34.3 Å². The molecule has 24 heavy (non-hydrogen) atoms. The summed E-state index contributed by atoms with van der Waals surface area (Å²) in [6.07, 6.45) is 2.58. The minimum atomic E-state index is -0.121. The molecule has 1 amide bonds. The number of benzene rings is 2. The Morgan fingerprint density at radius 2 is 1.88 bits per heavy atom. The van der Waals surface area contributed by atoms with Crippen LogP contribution in [0.15, 0.2) is 48.5 Å². The highest BCUT2D eigenvalue weighted by Crippen LogP contribution is 2.29. The van der Waals surface area contributed by atoms with Crippen LogP contribution in [0, 0.1) is 5.92 Å². The average molecular weight is 347 g/mol. The van der Waals surface area contributed by atoms with Gasteiger partial charge in [-0.1, -0.05) is 24.3 Å². The van der Waals surface area contributed by atoms with Crippen LogP contribution in [0.25, 0.3) is 0 Å². The van der Waals surface area contributed by atoms with Gasteiger partial charge in [-0.15, -0.1) is 12.4 Å². The smallest absolute Gasteiger partial charge is 0.255 e. The highest BCUT2D eigenvalue weighted by molar-refractivity contribution is 6.04. The summed E-state index contributed by atoms with van der Waals surface area (Å²) >= 11 is 0. The number of carbonyl (C=O) groups is 1. The van der Waals surface area contributed by atoms with Crippen molar-refractivity contribution in [2.45, 2.75) is 26.0 Å². The van der Waals surface area contributed by atoms with E-state index < -0.39 is 0 Å². The molecule has 0 bridgehead atoms. The molecular formula is C19H23ClN2O2. The van der Waals surface area contributed by atoms with Crippen LogP contribution in [0.5, 0.6) is 0 Å². The van der Waals surface area contributed by atoms with E-state index in [1.54, 1.807) is 12.1 Å². The summed E-state index contributed by atoms with van der Waals surface area (Å²) in [5.74, 6) is 0.638. The first kappa shape index (κ1) is 18.5. The quantitative estimate of drug-likeness (QED) is 0.802. The Morgan fingerprint density at radius 3 is 2.54 bits per heavy atom. The largest absolute Gasteiger partial charge is 0.376 e. The van der Waals surface area contributed by atoms with Crippen LogP contribution in [-0.4, -0.2) is 12.5 Å². The van der Waals surface area contributed by atoms with Gasteiger partial charge in [-0.3, -0.25) is 4.79 Å². The van der Waals surface area contributed by atoms with Crippen LogP contribution in [0.2, 0.25) is 0 Å². The zero-order valence-electron chi connectivity index (χ0n) is 13.5. The Bertz CT molecular complexity index is 669. The van der Waals surface area contributed by atoms with Crippen molar-refractivity contribution in [3.8, 4) is 0 Å². The Morgan fingerprint density at radius 1 is 1.12 bits per heavy atom. The van der Waals surface area contributed by atoms with Gasteiger partial charge in [0.25, 0.3) is 5.91 Å². The molecule has 0 aromatic heterocycles. The van der Waals surface area contributed by atoms with E-state index in [0.717, 1.165) is 29.3 Å². The van der Waals surface area contributed by atoms with E-state index in [4.69, 9.17) is 10.5 Å². The number of halogens is 1. The Balaban J connectivity index is 0.00000208. The van der Waals surface area contributed by atoms with Crippen LogP contribution in [-0.2, 0) is 17.9 Å². The normalized spacial score (nSPS) is 13.2. The first-order valence-corrected chi connectivity index (χ1v) is 8.01. The van der Waals surface area contributed by atoms with Gasteiger partial charge in [0, 0.05) is 24.4 Å². The van der Waals surface area contributed by atoms with Crippen molar-refractivity contribution in [2.24, 2.45) is 11.7 Å². The second-order valence-electron chi connectivity index (χ2n) is 6.01. The summed E-state index contributed by atoms with van der Waals surface area (Å²) in [7, 11) is 0. The summed E-state index contributed by atoms with van der Waals surface area (Å²) in [4.78, 5) is 12.3. The SMILES string of the molecule is Cl.NCc1ccc(C(=O)Nc2cccc(COCC3CC3)c2)cc1. The fourth-order valence-electron chi connectivity index (χ4n) is 2.36. The fourth-order valence-corrected chi connectivity index (χ4v) is 2.36. The number of hydrogen-bond donors (Lipinski definition) is 2. The molecule has 3 rings (SSSR count). The number of ether oxygens (including phenoxy) is 1. The summed E-state index contributed by atoms with van der Waals surface area (Å²) in [6.45, 7) is 1.90. The second-order valence-corrected chi connectivity index (χ2v) is 6.01. The molecule has 0 unspecified atom stereocenters. The minimum Gasteiger partial charge on any atom is -0.376 e. The molecule has 128 valence electrons. The van der Waals surface area contributed by atoms with E-state index in [0.29, 0.717) is 18.7 Å². The van der Waals surface area contributed by atoms with Crippen molar-refractivity contribution < 1.29 is 9.53 Å². The lowest BCUT2D eigenvalue weighted by molar-refractivity contribution is 0.102. The maximum absolute atomic E-state index is 12.3. The third-order valence-corrected chi connectivity index (χ3v) is 3.96. The van der Waals surface area contributed by atoms with Crippen LogP contribution in [0.4, 0.5) is 5.69 Å². The maximum Gasteiger partial charge on any atom is 0.255 e. The Labute approximate surface area is 148 Å². The maximum atomic E-state index is 12.3. The molecular weight excluding hydrogens is 324 g/mol. The molecule has 2 aromatic carbocycles. The van der Waals surface area contributed by atoms with Gasteiger partial charge < -0.3 is 15.8 Å². The number of amides is 1. The molecule has 4 nitrogen and oxygen atoms in total. The van der Waals surface area contributed by atoms with Gasteiger partial charge in [-0.2, -0.15) is 0 Å². The fraction of sp³-hybridized carbons (Fsp3) is 0.316. The first-order chi connectivity index (χ1) is 11.2. The predicted molar refractivity (Wildman–Crippen MR) is 98.4 cm³/mol. The van der Waals surface area contributed by atoms with Gasteiger partial charge in [0.1, 0.15) is 0 Å². The van der Waals surface area contributed by atoms with E-state index in [1.165, 1.54) is 12.8 Å². The summed E-state index contributed by atoms with van der Waals surface area (Å²) in [5.41, 5.74) is 9.05. The molecule has 1 aliphatic carbocycles. The zero-order valence-corrected chi connectivity index (χ0v) is 14.4. The molecule has 1 aliphatic rings. The lowest BCUT2D eigenvalue weighted by Gasteiger charge is -2.08. The van der Waals surface area contributed by atoms with Crippen LogP contribution in [0.3, 0.4) is 0 Å². The van der Waals surface area contributed by atoms with Gasteiger partial charge in [0.15, 0.2) is 0 Å². The zero-order chi connectivity index (χ0) is 16.1. The number of rotatable bonds is 7. The molecule has 0 spiro atoms. The highest BCUT2D eigenvalue weighted by atomic mass is 35.5. The molecule has 0 atom stereocenters. The molecule has 0 heterocycles. The molecule has 0 saturated heterocycles. The van der Waals surface area contributed by atoms with Crippen LogP contribution < -0.4 is 11.1 Å². The molecule has 0 radical (unpaired) electrons. The summed E-state index contributed by atoms with van der Waals surface area (Å²) in [6, 6.07) is 15.1. The van der Waals surface area contributed by atoms with Crippen LogP contribution >= 0.6 is 12.4 Å². The van der Waals surface area contributed by atoms with E-state index in [2.05, 4.69) is 5.32 Å². The molecule has 0 aliphatic heterocycles. The first-order valence-electron chi connectivity index (χ1n) is 8.01.